The molecule has 29 heavy (non-hydrogen) atoms. The third-order valence-corrected chi connectivity index (χ3v) is 4.45. The minimum absolute atomic E-state index is 0.0418. The van der Waals surface area contributed by atoms with Crippen molar-refractivity contribution in [1.82, 2.24) is 0 Å². The molecule has 2 aromatic carbocycles. The van der Waals surface area contributed by atoms with E-state index >= 15 is 0 Å². The Balaban J connectivity index is 1.67. The SMILES string of the molecule is COc1ccc2c(COC(=O)c3ccc(OCCC(C)C)cc3)cc(=O)oc2c1. The summed E-state index contributed by atoms with van der Waals surface area (Å²) in [6.07, 6.45) is 0.967. The average molecular weight is 396 g/mol. The lowest BCUT2D eigenvalue weighted by atomic mass is 10.1. The van der Waals surface area contributed by atoms with Crippen LogP contribution in [0.1, 0.15) is 36.2 Å². The van der Waals surface area contributed by atoms with Gasteiger partial charge in [0.25, 0.3) is 0 Å². The fourth-order valence-electron chi connectivity index (χ4n) is 2.78. The molecular formula is C23H24O6. The van der Waals surface area contributed by atoms with Crippen LogP contribution in [0.25, 0.3) is 11.0 Å². The highest BCUT2D eigenvalue weighted by Crippen LogP contribution is 2.23. The highest BCUT2D eigenvalue weighted by molar-refractivity contribution is 5.90. The topological polar surface area (TPSA) is 75.0 Å². The van der Waals surface area contributed by atoms with E-state index in [9.17, 15) is 9.59 Å². The number of carbonyl (C=O) groups is 1. The van der Waals surface area contributed by atoms with Gasteiger partial charge in [-0.05, 0) is 48.7 Å². The second-order valence-corrected chi connectivity index (χ2v) is 7.08. The summed E-state index contributed by atoms with van der Waals surface area (Å²) in [5.74, 6) is 1.38. The first-order valence-corrected chi connectivity index (χ1v) is 9.47. The highest BCUT2D eigenvalue weighted by atomic mass is 16.5. The van der Waals surface area contributed by atoms with E-state index in [0.29, 0.717) is 46.1 Å². The van der Waals surface area contributed by atoms with Crippen LogP contribution in [0.5, 0.6) is 11.5 Å². The molecule has 0 aliphatic rings. The average Bonchev–Trinajstić information content (AvgIpc) is 2.71. The third kappa shape index (κ3) is 5.38. The summed E-state index contributed by atoms with van der Waals surface area (Å²) in [6.45, 7) is 4.87. The van der Waals surface area contributed by atoms with Gasteiger partial charge >= 0.3 is 11.6 Å². The second-order valence-electron chi connectivity index (χ2n) is 7.08. The van der Waals surface area contributed by atoms with Crippen molar-refractivity contribution >= 4 is 16.9 Å². The van der Waals surface area contributed by atoms with Gasteiger partial charge in [-0.1, -0.05) is 13.8 Å². The molecule has 0 bridgehead atoms. The molecule has 3 rings (SSSR count). The minimum atomic E-state index is -0.514. The highest BCUT2D eigenvalue weighted by Gasteiger charge is 2.12. The smallest absolute Gasteiger partial charge is 0.338 e. The lowest BCUT2D eigenvalue weighted by molar-refractivity contribution is 0.0474. The number of benzene rings is 2. The van der Waals surface area contributed by atoms with E-state index in [4.69, 9.17) is 18.6 Å². The van der Waals surface area contributed by atoms with Crippen molar-refractivity contribution < 1.29 is 23.4 Å². The molecule has 6 heteroatoms. The van der Waals surface area contributed by atoms with E-state index in [1.807, 2.05) is 0 Å². The molecule has 0 aliphatic heterocycles. The van der Waals surface area contributed by atoms with Crippen molar-refractivity contribution in [3.8, 4) is 11.5 Å². The lowest BCUT2D eigenvalue weighted by Gasteiger charge is -2.10. The number of methoxy groups -OCH3 is 1. The van der Waals surface area contributed by atoms with Crippen molar-refractivity contribution in [3.05, 3.63) is 70.1 Å². The number of rotatable bonds is 8. The van der Waals surface area contributed by atoms with Gasteiger partial charge in [-0.2, -0.15) is 0 Å². The standard InChI is InChI=1S/C23H24O6/c1-15(2)10-11-27-18-6-4-16(5-7-18)23(25)28-14-17-12-22(24)29-21-13-19(26-3)8-9-20(17)21/h4-9,12-13,15H,10-11,14H2,1-3H3. The number of carbonyl (C=O) groups excluding carboxylic acids is 1. The zero-order valence-corrected chi connectivity index (χ0v) is 16.8. The minimum Gasteiger partial charge on any atom is -0.497 e. The molecule has 0 N–H and O–H groups in total. The number of fused-ring (bicyclic) bond motifs is 1. The maximum Gasteiger partial charge on any atom is 0.338 e. The van der Waals surface area contributed by atoms with Gasteiger partial charge in [0.15, 0.2) is 0 Å². The molecule has 0 saturated heterocycles. The zero-order valence-electron chi connectivity index (χ0n) is 16.8. The number of hydrogen-bond donors (Lipinski definition) is 0. The van der Waals surface area contributed by atoms with Gasteiger partial charge in [0.1, 0.15) is 23.7 Å². The Bertz CT molecular complexity index is 1030. The van der Waals surface area contributed by atoms with E-state index in [2.05, 4.69) is 13.8 Å². The Morgan fingerprint density at radius 2 is 1.76 bits per heavy atom. The van der Waals surface area contributed by atoms with E-state index in [1.54, 1.807) is 42.5 Å². The van der Waals surface area contributed by atoms with Crippen LogP contribution < -0.4 is 15.1 Å². The number of hydrogen-bond acceptors (Lipinski definition) is 6. The van der Waals surface area contributed by atoms with Crippen LogP contribution in [0.3, 0.4) is 0 Å². The summed E-state index contributed by atoms with van der Waals surface area (Å²) < 4.78 is 21.4. The lowest BCUT2D eigenvalue weighted by Crippen LogP contribution is -2.08. The quantitative estimate of drug-likeness (QED) is 0.410. The van der Waals surface area contributed by atoms with Gasteiger partial charge in [-0.15, -0.1) is 0 Å². The van der Waals surface area contributed by atoms with Gasteiger partial charge < -0.3 is 18.6 Å². The molecule has 3 aromatic rings. The second kappa shape index (κ2) is 9.28. The van der Waals surface area contributed by atoms with Crippen LogP contribution in [0.2, 0.25) is 0 Å². The molecule has 152 valence electrons. The van der Waals surface area contributed by atoms with E-state index in [0.717, 1.165) is 6.42 Å². The molecule has 0 spiro atoms. The van der Waals surface area contributed by atoms with Gasteiger partial charge in [0.05, 0.1) is 19.3 Å². The summed E-state index contributed by atoms with van der Waals surface area (Å²) in [4.78, 5) is 24.2. The van der Waals surface area contributed by atoms with E-state index in [-0.39, 0.29) is 6.61 Å². The third-order valence-electron chi connectivity index (χ3n) is 4.45. The largest absolute Gasteiger partial charge is 0.497 e. The van der Waals surface area contributed by atoms with Crippen LogP contribution in [0.15, 0.2) is 57.7 Å². The Morgan fingerprint density at radius 3 is 2.45 bits per heavy atom. The van der Waals surface area contributed by atoms with Crippen molar-refractivity contribution in [2.24, 2.45) is 5.92 Å². The molecule has 6 nitrogen and oxygen atoms in total. The van der Waals surface area contributed by atoms with Gasteiger partial charge in [0, 0.05) is 23.1 Å². The van der Waals surface area contributed by atoms with Crippen LogP contribution in [0, 0.1) is 5.92 Å². The normalized spacial score (nSPS) is 10.9. The fourth-order valence-corrected chi connectivity index (χ4v) is 2.78. The summed E-state index contributed by atoms with van der Waals surface area (Å²) in [5.41, 5.74) is 0.849. The molecule has 0 atom stereocenters. The van der Waals surface area contributed by atoms with Crippen LogP contribution in [-0.2, 0) is 11.3 Å². The molecule has 1 heterocycles. The fraction of sp³-hybridized carbons (Fsp3) is 0.304. The number of ether oxygens (including phenoxy) is 3. The van der Waals surface area contributed by atoms with Crippen molar-refractivity contribution in [1.29, 1.82) is 0 Å². The van der Waals surface area contributed by atoms with Gasteiger partial charge in [0.2, 0.25) is 0 Å². The van der Waals surface area contributed by atoms with E-state index in [1.165, 1.54) is 13.2 Å². The number of esters is 1. The summed E-state index contributed by atoms with van der Waals surface area (Å²) in [6, 6.07) is 13.3. The van der Waals surface area contributed by atoms with Crippen molar-refractivity contribution in [2.75, 3.05) is 13.7 Å². The van der Waals surface area contributed by atoms with Crippen LogP contribution >= 0.6 is 0 Å². The first kappa shape index (κ1) is 20.5. The predicted octanol–water partition coefficient (Wildman–Crippen LogP) is 4.58. The van der Waals surface area contributed by atoms with E-state index < -0.39 is 11.6 Å². The molecule has 1 aromatic heterocycles. The van der Waals surface area contributed by atoms with Crippen molar-refractivity contribution in [3.63, 3.8) is 0 Å². The first-order chi connectivity index (χ1) is 14.0. The summed E-state index contributed by atoms with van der Waals surface area (Å²) in [5, 5.41) is 0.687. The molecule has 0 saturated carbocycles. The molecular weight excluding hydrogens is 372 g/mol. The summed E-state index contributed by atoms with van der Waals surface area (Å²) >= 11 is 0. The van der Waals surface area contributed by atoms with Crippen LogP contribution in [0.4, 0.5) is 0 Å². The van der Waals surface area contributed by atoms with Gasteiger partial charge in [-0.25, -0.2) is 9.59 Å². The maximum atomic E-state index is 12.4. The van der Waals surface area contributed by atoms with Crippen LogP contribution in [-0.4, -0.2) is 19.7 Å². The molecule has 0 aliphatic carbocycles. The molecule has 0 fully saturated rings. The predicted molar refractivity (Wildman–Crippen MR) is 110 cm³/mol. The zero-order chi connectivity index (χ0) is 20.8. The Morgan fingerprint density at radius 1 is 1.03 bits per heavy atom. The Labute approximate surface area is 169 Å². The molecule has 0 amide bonds. The Kier molecular flexibility index (Phi) is 6.54. The first-order valence-electron chi connectivity index (χ1n) is 9.47. The molecule has 0 unspecified atom stereocenters. The monoisotopic (exact) mass is 396 g/mol. The van der Waals surface area contributed by atoms with Crippen molar-refractivity contribution in [2.45, 2.75) is 26.9 Å². The molecule has 0 radical (unpaired) electrons. The van der Waals surface area contributed by atoms with Gasteiger partial charge in [-0.3, -0.25) is 0 Å². The maximum absolute atomic E-state index is 12.4. The summed E-state index contributed by atoms with van der Waals surface area (Å²) in [7, 11) is 1.53. The Hall–Kier alpha value is -3.28.